The third kappa shape index (κ3) is 3.88. The maximum absolute atomic E-state index is 12.5. The molecule has 0 radical (unpaired) electrons. The molecule has 2 rings (SSSR count). The van der Waals surface area contributed by atoms with Gasteiger partial charge in [0, 0.05) is 22.9 Å². The van der Waals surface area contributed by atoms with Crippen molar-refractivity contribution in [1.29, 1.82) is 0 Å². The van der Waals surface area contributed by atoms with Gasteiger partial charge in [0.2, 0.25) is 0 Å². The van der Waals surface area contributed by atoms with Crippen molar-refractivity contribution in [3.05, 3.63) is 33.8 Å². The molecule has 1 atom stereocenters. The van der Waals surface area contributed by atoms with Crippen LogP contribution in [0.5, 0.6) is 0 Å². The fourth-order valence-corrected chi connectivity index (χ4v) is 3.64. The van der Waals surface area contributed by atoms with Gasteiger partial charge in [0.15, 0.2) is 5.78 Å². The van der Waals surface area contributed by atoms with E-state index < -0.39 is 0 Å². The zero-order chi connectivity index (χ0) is 13.8. The first-order valence-electron chi connectivity index (χ1n) is 6.40. The molecular weight excluding hydrogens is 301 g/mol. The molecule has 5 heteroatoms. The Kier molecular flexibility index (Phi) is 5.58. The van der Waals surface area contributed by atoms with Crippen LogP contribution in [0.25, 0.3) is 0 Å². The third-order valence-corrected chi connectivity index (χ3v) is 4.98. The number of halogens is 2. The SMILES string of the molecule is CC(C(=O)c1ccc(Cl)cc1Cl)N1CCCSCC1. The van der Waals surface area contributed by atoms with E-state index >= 15 is 0 Å². The number of carbonyl (C=O) groups is 1. The second kappa shape index (κ2) is 6.98. The largest absolute Gasteiger partial charge is 0.293 e. The predicted molar refractivity (Wildman–Crippen MR) is 83.8 cm³/mol. The second-order valence-electron chi connectivity index (χ2n) is 4.67. The highest BCUT2D eigenvalue weighted by Crippen LogP contribution is 2.24. The number of rotatable bonds is 3. The van der Waals surface area contributed by atoms with Crippen LogP contribution in [0.3, 0.4) is 0 Å². The first-order valence-corrected chi connectivity index (χ1v) is 8.31. The lowest BCUT2D eigenvalue weighted by atomic mass is 10.0. The summed E-state index contributed by atoms with van der Waals surface area (Å²) in [6.45, 7) is 3.90. The summed E-state index contributed by atoms with van der Waals surface area (Å²) in [5.41, 5.74) is 0.565. The minimum absolute atomic E-state index is 0.0774. The molecule has 0 bridgehead atoms. The fourth-order valence-electron chi connectivity index (χ4n) is 2.23. The Morgan fingerprint density at radius 3 is 2.84 bits per heavy atom. The van der Waals surface area contributed by atoms with Gasteiger partial charge in [-0.3, -0.25) is 9.69 Å². The summed E-state index contributed by atoms with van der Waals surface area (Å²) in [6.07, 6.45) is 1.14. The van der Waals surface area contributed by atoms with Crippen molar-refractivity contribution >= 4 is 40.7 Å². The number of nitrogens with zero attached hydrogens (tertiary/aromatic N) is 1. The molecule has 1 fully saturated rings. The van der Waals surface area contributed by atoms with Crippen LogP contribution in [-0.2, 0) is 0 Å². The Labute approximate surface area is 128 Å². The zero-order valence-electron chi connectivity index (χ0n) is 10.9. The van der Waals surface area contributed by atoms with Gasteiger partial charge in [0.25, 0.3) is 0 Å². The molecule has 0 saturated carbocycles. The third-order valence-electron chi connectivity index (χ3n) is 3.38. The maximum Gasteiger partial charge on any atom is 0.181 e. The lowest BCUT2D eigenvalue weighted by Gasteiger charge is -2.26. The fraction of sp³-hybridized carbons (Fsp3) is 0.500. The highest BCUT2D eigenvalue weighted by Gasteiger charge is 2.24. The summed E-state index contributed by atoms with van der Waals surface area (Å²) in [5.74, 6) is 2.35. The van der Waals surface area contributed by atoms with Gasteiger partial charge in [0.05, 0.1) is 11.1 Å². The van der Waals surface area contributed by atoms with Crippen LogP contribution < -0.4 is 0 Å². The zero-order valence-corrected chi connectivity index (χ0v) is 13.2. The smallest absolute Gasteiger partial charge is 0.181 e. The van der Waals surface area contributed by atoms with Gasteiger partial charge < -0.3 is 0 Å². The minimum atomic E-state index is -0.127. The van der Waals surface area contributed by atoms with Crippen molar-refractivity contribution in [1.82, 2.24) is 4.90 Å². The Morgan fingerprint density at radius 2 is 2.11 bits per heavy atom. The van der Waals surface area contributed by atoms with Gasteiger partial charge >= 0.3 is 0 Å². The first-order chi connectivity index (χ1) is 9.09. The van der Waals surface area contributed by atoms with Gasteiger partial charge in [-0.1, -0.05) is 23.2 Å². The summed E-state index contributed by atoms with van der Waals surface area (Å²) >= 11 is 13.9. The maximum atomic E-state index is 12.5. The number of Topliss-reactive ketones (excluding diaryl/α,β-unsaturated/α-hetero) is 1. The molecule has 1 aromatic rings. The second-order valence-corrected chi connectivity index (χ2v) is 6.73. The highest BCUT2D eigenvalue weighted by molar-refractivity contribution is 7.99. The van der Waals surface area contributed by atoms with Crippen LogP contribution in [0.2, 0.25) is 10.0 Å². The normalized spacial score (nSPS) is 18.9. The van der Waals surface area contributed by atoms with Crippen molar-refractivity contribution in [2.24, 2.45) is 0 Å². The summed E-state index contributed by atoms with van der Waals surface area (Å²) in [7, 11) is 0. The van der Waals surface area contributed by atoms with E-state index in [4.69, 9.17) is 23.2 Å². The molecule has 0 aromatic heterocycles. The van der Waals surface area contributed by atoms with E-state index in [1.54, 1.807) is 18.2 Å². The molecule has 0 N–H and O–H groups in total. The molecule has 1 unspecified atom stereocenters. The summed E-state index contributed by atoms with van der Waals surface area (Å²) in [5, 5.41) is 0.994. The van der Waals surface area contributed by atoms with Crippen LogP contribution in [0, 0.1) is 0 Å². The molecule has 1 heterocycles. The van der Waals surface area contributed by atoms with E-state index in [0.29, 0.717) is 15.6 Å². The molecule has 0 aliphatic carbocycles. The van der Waals surface area contributed by atoms with Gasteiger partial charge in [-0.2, -0.15) is 11.8 Å². The van der Waals surface area contributed by atoms with E-state index in [0.717, 1.165) is 25.3 Å². The van der Waals surface area contributed by atoms with Crippen molar-refractivity contribution < 1.29 is 4.79 Å². The van der Waals surface area contributed by atoms with Crippen molar-refractivity contribution in [3.63, 3.8) is 0 Å². The Bertz CT molecular complexity index is 459. The summed E-state index contributed by atoms with van der Waals surface area (Å²) < 4.78 is 0. The lowest BCUT2D eigenvalue weighted by molar-refractivity contribution is 0.0848. The Morgan fingerprint density at radius 1 is 1.32 bits per heavy atom. The number of hydrogen-bond donors (Lipinski definition) is 0. The minimum Gasteiger partial charge on any atom is -0.293 e. The molecule has 0 spiro atoms. The topological polar surface area (TPSA) is 20.3 Å². The van der Waals surface area contributed by atoms with Crippen LogP contribution in [-0.4, -0.2) is 41.3 Å². The molecule has 104 valence electrons. The van der Waals surface area contributed by atoms with E-state index in [9.17, 15) is 4.79 Å². The van der Waals surface area contributed by atoms with E-state index in [-0.39, 0.29) is 11.8 Å². The molecule has 19 heavy (non-hydrogen) atoms. The molecule has 1 aromatic carbocycles. The molecular formula is C14H17Cl2NOS. The van der Waals surface area contributed by atoms with E-state index in [1.165, 1.54) is 5.75 Å². The number of hydrogen-bond acceptors (Lipinski definition) is 3. The van der Waals surface area contributed by atoms with E-state index in [2.05, 4.69) is 4.90 Å². The summed E-state index contributed by atoms with van der Waals surface area (Å²) in [6, 6.07) is 4.93. The monoisotopic (exact) mass is 317 g/mol. The van der Waals surface area contributed by atoms with Gasteiger partial charge in [-0.15, -0.1) is 0 Å². The van der Waals surface area contributed by atoms with Crippen LogP contribution >= 0.6 is 35.0 Å². The first kappa shape index (κ1) is 15.2. The van der Waals surface area contributed by atoms with Gasteiger partial charge in [-0.05, 0) is 43.8 Å². The Balaban J connectivity index is 2.13. The predicted octanol–water partition coefficient (Wildman–Crippen LogP) is 4.00. The molecule has 2 nitrogen and oxygen atoms in total. The average molecular weight is 318 g/mol. The Hall–Kier alpha value is -0.220. The number of ketones is 1. The van der Waals surface area contributed by atoms with Gasteiger partial charge in [-0.25, -0.2) is 0 Å². The lowest BCUT2D eigenvalue weighted by Crippen LogP contribution is -2.40. The van der Waals surface area contributed by atoms with Crippen LogP contribution in [0.4, 0.5) is 0 Å². The van der Waals surface area contributed by atoms with E-state index in [1.807, 2.05) is 18.7 Å². The quantitative estimate of drug-likeness (QED) is 0.786. The number of carbonyl (C=O) groups excluding carboxylic acids is 1. The number of thioether (sulfide) groups is 1. The molecule has 1 aliphatic rings. The highest BCUT2D eigenvalue weighted by atomic mass is 35.5. The van der Waals surface area contributed by atoms with Crippen molar-refractivity contribution in [3.8, 4) is 0 Å². The average Bonchev–Trinajstić information content (AvgIpc) is 2.66. The van der Waals surface area contributed by atoms with Crippen LogP contribution in [0.15, 0.2) is 18.2 Å². The number of benzene rings is 1. The summed E-state index contributed by atoms with van der Waals surface area (Å²) in [4.78, 5) is 14.8. The van der Waals surface area contributed by atoms with Crippen molar-refractivity contribution in [2.45, 2.75) is 19.4 Å². The van der Waals surface area contributed by atoms with Crippen LogP contribution in [0.1, 0.15) is 23.7 Å². The van der Waals surface area contributed by atoms with Crippen molar-refractivity contribution in [2.75, 3.05) is 24.6 Å². The standard InChI is InChI=1S/C14H17Cl2NOS/c1-10(17-5-2-7-19-8-6-17)14(18)12-4-3-11(15)9-13(12)16/h3-4,9-10H,2,5-8H2,1H3. The molecule has 1 aliphatic heterocycles. The molecule has 1 saturated heterocycles. The molecule has 0 amide bonds. The van der Waals surface area contributed by atoms with Gasteiger partial charge in [0.1, 0.15) is 0 Å².